The van der Waals surface area contributed by atoms with Crippen molar-refractivity contribution in [2.45, 2.75) is 13.3 Å². The number of ketones is 1. The molecule has 0 bridgehead atoms. The van der Waals surface area contributed by atoms with Crippen molar-refractivity contribution in [2.75, 3.05) is 26.2 Å². The van der Waals surface area contributed by atoms with Crippen molar-refractivity contribution in [3.8, 4) is 5.75 Å². The van der Waals surface area contributed by atoms with Crippen molar-refractivity contribution < 1.29 is 19.4 Å². The molecule has 1 N–H and O–H groups in total. The van der Waals surface area contributed by atoms with Gasteiger partial charge in [-0.1, -0.05) is 12.1 Å². The maximum Gasteiger partial charge on any atom is 0.307 e. The first kappa shape index (κ1) is 17.5. The lowest BCUT2D eigenvalue weighted by Gasteiger charge is -2.16. The molecule has 1 aliphatic rings. The molecule has 0 aromatic heterocycles. The number of aliphatic carboxylic acids is 1. The number of hydrogen-bond acceptors (Lipinski definition) is 4. The van der Waals surface area contributed by atoms with Gasteiger partial charge < -0.3 is 9.84 Å². The minimum Gasteiger partial charge on any atom is -0.491 e. The predicted molar refractivity (Wildman–Crippen MR) is 81.4 cm³/mol. The molecule has 2 rings (SSSR count). The van der Waals surface area contributed by atoms with Gasteiger partial charge >= 0.3 is 5.97 Å². The van der Waals surface area contributed by atoms with E-state index in [1.54, 1.807) is 12.1 Å². The summed E-state index contributed by atoms with van der Waals surface area (Å²) in [6.07, 6.45) is 0.694. The lowest BCUT2D eigenvalue weighted by Crippen LogP contribution is -2.27. The smallest absolute Gasteiger partial charge is 0.307 e. The van der Waals surface area contributed by atoms with Gasteiger partial charge in [0.05, 0.1) is 11.5 Å². The summed E-state index contributed by atoms with van der Waals surface area (Å²) in [5.41, 5.74) is 0.581. The molecule has 0 amide bonds. The molecular formula is C15H20ClNO4. The number of Topliss-reactive ketones (excluding diaryl/α,β-unsaturated/α-hetero) is 1. The molecule has 1 fully saturated rings. The van der Waals surface area contributed by atoms with Crippen LogP contribution in [-0.2, 0) is 4.79 Å². The van der Waals surface area contributed by atoms with Crippen LogP contribution in [0, 0.1) is 5.92 Å². The van der Waals surface area contributed by atoms with Crippen LogP contribution >= 0.6 is 12.4 Å². The molecular weight excluding hydrogens is 294 g/mol. The monoisotopic (exact) mass is 313 g/mol. The van der Waals surface area contributed by atoms with Crippen molar-refractivity contribution in [1.82, 2.24) is 4.90 Å². The average molecular weight is 314 g/mol. The normalized spacial score (nSPS) is 18.0. The highest BCUT2D eigenvalue weighted by Gasteiger charge is 2.27. The maximum atomic E-state index is 11.4. The minimum absolute atomic E-state index is 0. The SMILES string of the molecule is CC(=O)c1ccccc1OCCN1CCC(C(=O)O)C1.Cl. The van der Waals surface area contributed by atoms with E-state index in [1.165, 1.54) is 6.92 Å². The fourth-order valence-electron chi connectivity index (χ4n) is 2.41. The second-order valence-electron chi connectivity index (χ2n) is 5.03. The zero-order valence-electron chi connectivity index (χ0n) is 11.9. The van der Waals surface area contributed by atoms with E-state index in [2.05, 4.69) is 4.90 Å². The summed E-state index contributed by atoms with van der Waals surface area (Å²) in [7, 11) is 0. The predicted octanol–water partition coefficient (Wildman–Crippen LogP) is 2.10. The Balaban J connectivity index is 0.00000220. The van der Waals surface area contributed by atoms with Crippen LogP contribution in [0.15, 0.2) is 24.3 Å². The Morgan fingerprint density at radius 2 is 2.10 bits per heavy atom. The molecule has 6 heteroatoms. The van der Waals surface area contributed by atoms with Gasteiger partial charge in [0.25, 0.3) is 0 Å². The van der Waals surface area contributed by atoms with Crippen LogP contribution < -0.4 is 4.74 Å². The first-order valence-corrected chi connectivity index (χ1v) is 6.76. The maximum absolute atomic E-state index is 11.4. The third kappa shape index (κ3) is 4.72. The van der Waals surface area contributed by atoms with Crippen molar-refractivity contribution in [3.63, 3.8) is 0 Å². The van der Waals surface area contributed by atoms with E-state index < -0.39 is 5.97 Å². The van der Waals surface area contributed by atoms with Crippen LogP contribution in [-0.4, -0.2) is 48.0 Å². The van der Waals surface area contributed by atoms with Gasteiger partial charge in [0.15, 0.2) is 5.78 Å². The second-order valence-corrected chi connectivity index (χ2v) is 5.03. The van der Waals surface area contributed by atoms with Crippen LogP contribution in [0.25, 0.3) is 0 Å². The van der Waals surface area contributed by atoms with Crippen LogP contribution in [0.4, 0.5) is 0 Å². The third-order valence-corrected chi connectivity index (χ3v) is 3.55. The zero-order chi connectivity index (χ0) is 14.5. The number of hydrogen-bond donors (Lipinski definition) is 1. The molecule has 0 saturated carbocycles. The van der Waals surface area contributed by atoms with Crippen LogP contribution in [0.5, 0.6) is 5.75 Å². The average Bonchev–Trinajstić information content (AvgIpc) is 2.88. The van der Waals surface area contributed by atoms with Crippen LogP contribution in [0.1, 0.15) is 23.7 Å². The molecule has 1 atom stereocenters. The number of ether oxygens (including phenoxy) is 1. The van der Waals surface area contributed by atoms with E-state index in [-0.39, 0.29) is 24.1 Å². The Morgan fingerprint density at radius 3 is 2.71 bits per heavy atom. The fourth-order valence-corrected chi connectivity index (χ4v) is 2.41. The molecule has 1 unspecified atom stereocenters. The Hall–Kier alpha value is -1.59. The van der Waals surface area contributed by atoms with E-state index in [0.29, 0.717) is 37.4 Å². The Labute approximate surface area is 130 Å². The largest absolute Gasteiger partial charge is 0.491 e. The molecule has 1 aliphatic heterocycles. The Kier molecular flexibility index (Phi) is 6.65. The number of benzene rings is 1. The van der Waals surface area contributed by atoms with Crippen molar-refractivity contribution >= 4 is 24.2 Å². The van der Waals surface area contributed by atoms with Crippen molar-refractivity contribution in [2.24, 2.45) is 5.92 Å². The van der Waals surface area contributed by atoms with Gasteiger partial charge in [0, 0.05) is 13.1 Å². The number of likely N-dealkylation sites (tertiary alicyclic amines) is 1. The highest BCUT2D eigenvalue weighted by molar-refractivity contribution is 5.96. The number of carboxylic acid groups (broad SMARTS) is 1. The number of carbonyl (C=O) groups excluding carboxylic acids is 1. The number of nitrogens with zero attached hydrogens (tertiary/aromatic N) is 1. The molecule has 1 saturated heterocycles. The summed E-state index contributed by atoms with van der Waals surface area (Å²) in [5.74, 6) is -0.420. The number of halogens is 1. The van der Waals surface area contributed by atoms with E-state index in [4.69, 9.17) is 9.84 Å². The molecule has 1 heterocycles. The summed E-state index contributed by atoms with van der Waals surface area (Å²) in [6.45, 7) is 4.01. The van der Waals surface area contributed by atoms with Gasteiger partial charge in [-0.2, -0.15) is 0 Å². The Bertz CT molecular complexity index is 506. The molecule has 0 radical (unpaired) electrons. The van der Waals surface area contributed by atoms with Gasteiger partial charge in [-0.3, -0.25) is 14.5 Å². The second kappa shape index (κ2) is 8.00. The van der Waals surface area contributed by atoms with E-state index in [1.807, 2.05) is 12.1 Å². The lowest BCUT2D eigenvalue weighted by molar-refractivity contribution is -0.141. The molecule has 0 aliphatic carbocycles. The quantitative estimate of drug-likeness (QED) is 0.815. The van der Waals surface area contributed by atoms with E-state index in [9.17, 15) is 9.59 Å². The summed E-state index contributed by atoms with van der Waals surface area (Å²) in [5, 5.41) is 8.94. The first-order chi connectivity index (χ1) is 9.58. The summed E-state index contributed by atoms with van der Waals surface area (Å²) < 4.78 is 5.65. The van der Waals surface area contributed by atoms with Gasteiger partial charge in [0.1, 0.15) is 12.4 Å². The summed E-state index contributed by atoms with van der Waals surface area (Å²) in [6, 6.07) is 7.16. The highest BCUT2D eigenvalue weighted by Crippen LogP contribution is 2.19. The van der Waals surface area contributed by atoms with E-state index >= 15 is 0 Å². The minimum atomic E-state index is -0.727. The molecule has 1 aromatic carbocycles. The van der Waals surface area contributed by atoms with E-state index in [0.717, 1.165) is 6.54 Å². The number of carbonyl (C=O) groups is 2. The number of carboxylic acids is 1. The summed E-state index contributed by atoms with van der Waals surface area (Å²) >= 11 is 0. The molecule has 5 nitrogen and oxygen atoms in total. The third-order valence-electron chi connectivity index (χ3n) is 3.55. The molecule has 0 spiro atoms. The Morgan fingerprint density at radius 1 is 1.38 bits per heavy atom. The van der Waals surface area contributed by atoms with Gasteiger partial charge in [0.2, 0.25) is 0 Å². The molecule has 1 aromatic rings. The lowest BCUT2D eigenvalue weighted by atomic mass is 10.1. The fraction of sp³-hybridized carbons (Fsp3) is 0.467. The van der Waals surface area contributed by atoms with Crippen molar-refractivity contribution in [1.29, 1.82) is 0 Å². The molecule has 116 valence electrons. The van der Waals surface area contributed by atoms with Crippen LogP contribution in [0.3, 0.4) is 0 Å². The zero-order valence-corrected chi connectivity index (χ0v) is 12.8. The standard InChI is InChI=1S/C15H19NO4.ClH/c1-11(17)13-4-2-3-5-14(13)20-9-8-16-7-6-12(10-16)15(18)19;/h2-5,12H,6-10H2,1H3,(H,18,19);1H. The topological polar surface area (TPSA) is 66.8 Å². The van der Waals surface area contributed by atoms with Gasteiger partial charge in [-0.15, -0.1) is 12.4 Å². The highest BCUT2D eigenvalue weighted by atomic mass is 35.5. The van der Waals surface area contributed by atoms with Crippen LogP contribution in [0.2, 0.25) is 0 Å². The summed E-state index contributed by atoms with van der Waals surface area (Å²) in [4.78, 5) is 24.4. The number of para-hydroxylation sites is 1. The van der Waals surface area contributed by atoms with Gasteiger partial charge in [-0.05, 0) is 32.0 Å². The first-order valence-electron chi connectivity index (χ1n) is 6.76. The molecule has 21 heavy (non-hydrogen) atoms. The number of rotatable bonds is 6. The van der Waals surface area contributed by atoms with Crippen molar-refractivity contribution in [3.05, 3.63) is 29.8 Å². The van der Waals surface area contributed by atoms with Gasteiger partial charge in [-0.25, -0.2) is 0 Å².